The molecule has 0 saturated carbocycles. The predicted molar refractivity (Wildman–Crippen MR) is 220 cm³/mol. The summed E-state index contributed by atoms with van der Waals surface area (Å²) < 4.78 is 7.68. The van der Waals surface area contributed by atoms with Crippen LogP contribution in [-0.4, -0.2) is 15.0 Å². The molecule has 0 radical (unpaired) electrons. The molecule has 4 heterocycles. The van der Waals surface area contributed by atoms with Crippen molar-refractivity contribution in [1.29, 1.82) is 0 Å². The first kappa shape index (κ1) is 29.0. The number of hydrogen-bond donors (Lipinski definition) is 0. The first-order valence-electron chi connectivity index (χ1n) is 16.8. The summed E-state index contributed by atoms with van der Waals surface area (Å²) in [5.74, 6) is 2.01. The van der Waals surface area contributed by atoms with Crippen LogP contribution in [0.5, 0.6) is 0 Å². The molecule has 0 atom stereocenters. The molecule has 0 N–H and O–H groups in total. The zero-order valence-corrected chi connectivity index (χ0v) is 29.4. The van der Waals surface area contributed by atoms with E-state index in [0.29, 0.717) is 17.5 Å². The molecule has 0 spiro atoms. The van der Waals surface area contributed by atoms with Crippen LogP contribution in [0.15, 0.2) is 152 Å². The maximum Gasteiger partial charge on any atom is 0.164 e. The highest BCUT2D eigenvalue weighted by atomic mass is 32.1. The van der Waals surface area contributed by atoms with Gasteiger partial charge in [0.1, 0.15) is 0 Å². The van der Waals surface area contributed by atoms with Gasteiger partial charge in [0.25, 0.3) is 0 Å². The number of benzene rings is 7. The molecule has 0 unspecified atom stereocenters. The molecule has 11 rings (SSSR count). The van der Waals surface area contributed by atoms with Gasteiger partial charge in [0, 0.05) is 77.2 Å². The third kappa shape index (κ3) is 4.72. The maximum absolute atomic E-state index is 5.14. The Balaban J connectivity index is 1.07. The van der Waals surface area contributed by atoms with Crippen LogP contribution in [-0.2, 0) is 0 Å². The summed E-state index contributed by atoms with van der Waals surface area (Å²) in [5, 5.41) is 7.64. The van der Waals surface area contributed by atoms with Crippen molar-refractivity contribution >= 4 is 94.5 Å². The molecular weight excluding hydrogens is 679 g/mol. The van der Waals surface area contributed by atoms with Crippen molar-refractivity contribution in [3.63, 3.8) is 0 Å². The summed E-state index contributed by atoms with van der Waals surface area (Å²) in [4.78, 5) is 15.2. The lowest BCUT2D eigenvalue weighted by molar-refractivity contribution is 1.08. The zero-order chi connectivity index (χ0) is 33.5. The van der Waals surface area contributed by atoms with E-state index in [2.05, 4.69) is 133 Å². The second-order valence-corrected chi connectivity index (χ2v) is 16.0. The van der Waals surface area contributed by atoms with Gasteiger partial charge in [0.15, 0.2) is 17.5 Å². The predicted octanol–water partition coefficient (Wildman–Crippen LogP) is 13.6. The first-order valence-corrected chi connectivity index (χ1v) is 19.3. The molecule has 51 heavy (non-hydrogen) atoms. The van der Waals surface area contributed by atoms with E-state index >= 15 is 0 Å². The van der Waals surface area contributed by atoms with Gasteiger partial charge in [-0.3, -0.25) is 0 Å². The molecule has 0 saturated heterocycles. The fraction of sp³-hybridized carbons (Fsp3) is 0. The average Bonchev–Trinajstić information content (AvgIpc) is 3.88. The van der Waals surface area contributed by atoms with E-state index in [1.807, 2.05) is 40.9 Å². The van der Waals surface area contributed by atoms with Gasteiger partial charge >= 0.3 is 0 Å². The van der Waals surface area contributed by atoms with Gasteiger partial charge in [-0.1, -0.05) is 103 Å². The molecule has 0 aliphatic carbocycles. The molecule has 3 nitrogen and oxygen atoms in total. The second-order valence-electron chi connectivity index (χ2n) is 12.8. The van der Waals surface area contributed by atoms with E-state index < -0.39 is 0 Å². The largest absolute Gasteiger partial charge is 0.208 e. The van der Waals surface area contributed by atoms with E-state index in [0.717, 1.165) is 16.7 Å². The van der Waals surface area contributed by atoms with Crippen molar-refractivity contribution in [2.75, 3.05) is 0 Å². The van der Waals surface area contributed by atoms with E-state index in [1.165, 1.54) is 71.6 Å². The number of aromatic nitrogens is 3. The van der Waals surface area contributed by atoms with E-state index in [1.54, 1.807) is 11.3 Å². The van der Waals surface area contributed by atoms with Gasteiger partial charge in [0.05, 0.1) is 0 Å². The van der Waals surface area contributed by atoms with Crippen LogP contribution in [0.25, 0.3) is 106 Å². The van der Waals surface area contributed by atoms with Crippen LogP contribution in [0.1, 0.15) is 0 Å². The van der Waals surface area contributed by atoms with Crippen LogP contribution < -0.4 is 0 Å². The number of thiophene rings is 3. The van der Waals surface area contributed by atoms with Crippen LogP contribution >= 0.6 is 34.0 Å². The summed E-state index contributed by atoms with van der Waals surface area (Å²) in [6.45, 7) is 0. The van der Waals surface area contributed by atoms with E-state index in [-0.39, 0.29) is 0 Å². The van der Waals surface area contributed by atoms with Crippen molar-refractivity contribution in [2.45, 2.75) is 0 Å². The lowest BCUT2D eigenvalue weighted by Gasteiger charge is -2.09. The third-order valence-corrected chi connectivity index (χ3v) is 13.3. The highest BCUT2D eigenvalue weighted by molar-refractivity contribution is 7.27. The minimum Gasteiger partial charge on any atom is -0.208 e. The highest BCUT2D eigenvalue weighted by Crippen LogP contribution is 2.43. The summed E-state index contributed by atoms with van der Waals surface area (Å²) >= 11 is 5.51. The summed E-state index contributed by atoms with van der Waals surface area (Å²) in [5.41, 5.74) is 5.43. The summed E-state index contributed by atoms with van der Waals surface area (Å²) in [6.07, 6.45) is 0. The lowest BCUT2D eigenvalue weighted by Crippen LogP contribution is -2.00. The number of fused-ring (bicyclic) bond motifs is 9. The van der Waals surface area contributed by atoms with E-state index in [9.17, 15) is 0 Å². The Bertz CT molecular complexity index is 3150. The quantitative estimate of drug-likeness (QED) is 0.183. The smallest absolute Gasteiger partial charge is 0.164 e. The Morgan fingerprint density at radius 1 is 0.294 bits per heavy atom. The minimum atomic E-state index is 0.668. The van der Waals surface area contributed by atoms with Gasteiger partial charge in [-0.15, -0.1) is 34.0 Å². The normalized spacial score (nSPS) is 11.9. The summed E-state index contributed by atoms with van der Waals surface area (Å²) in [7, 11) is 0. The standard InChI is InChI=1S/C45H25N3S3/c1-2-9-26(10-3-1)43-46-44(48-45(47-43)29-17-20-33-31-11-4-6-15-37(31)50-41(33)25-29)28-19-22-40-36(24-28)35-23-27(18-21-39(35)49-40)30-13-8-14-34-32-12-5-7-16-38(32)51-42(30)34/h1-25H. The van der Waals surface area contributed by atoms with Crippen LogP contribution in [0.2, 0.25) is 0 Å². The molecule has 0 fully saturated rings. The number of nitrogens with zero attached hydrogens (tertiary/aromatic N) is 3. The first-order chi connectivity index (χ1) is 25.2. The van der Waals surface area contributed by atoms with Crippen molar-refractivity contribution in [3.8, 4) is 45.3 Å². The Kier molecular flexibility index (Phi) is 6.46. The van der Waals surface area contributed by atoms with Crippen LogP contribution in [0.4, 0.5) is 0 Å². The maximum atomic E-state index is 5.14. The fourth-order valence-corrected chi connectivity index (χ4v) is 10.7. The highest BCUT2D eigenvalue weighted by Gasteiger charge is 2.17. The van der Waals surface area contributed by atoms with Crippen LogP contribution in [0, 0.1) is 0 Å². The van der Waals surface area contributed by atoms with E-state index in [4.69, 9.17) is 15.0 Å². The number of hydrogen-bond acceptors (Lipinski definition) is 6. The van der Waals surface area contributed by atoms with Crippen LogP contribution in [0.3, 0.4) is 0 Å². The molecule has 11 aromatic rings. The molecule has 0 amide bonds. The van der Waals surface area contributed by atoms with Crippen molar-refractivity contribution in [2.24, 2.45) is 0 Å². The molecule has 0 aliphatic rings. The minimum absolute atomic E-state index is 0.668. The van der Waals surface area contributed by atoms with Crippen molar-refractivity contribution < 1.29 is 0 Å². The lowest BCUT2D eigenvalue weighted by atomic mass is 10.00. The fourth-order valence-electron chi connectivity index (χ4n) is 7.27. The Labute approximate surface area is 304 Å². The Morgan fingerprint density at radius 3 is 1.57 bits per heavy atom. The van der Waals surface area contributed by atoms with Gasteiger partial charge in [-0.2, -0.15) is 0 Å². The molecular formula is C45H25N3S3. The molecule has 7 aromatic carbocycles. The molecule has 238 valence electrons. The molecule has 0 bridgehead atoms. The molecule has 0 aliphatic heterocycles. The topological polar surface area (TPSA) is 38.7 Å². The Hall–Kier alpha value is -5.79. The third-order valence-electron chi connectivity index (χ3n) is 9.75. The monoisotopic (exact) mass is 703 g/mol. The second kappa shape index (κ2) is 11.4. The molecule has 4 aromatic heterocycles. The van der Waals surface area contributed by atoms with Gasteiger partial charge in [-0.05, 0) is 59.7 Å². The SMILES string of the molecule is c1ccc(-c2nc(-c3ccc4c(c3)sc3ccccc34)nc(-c3ccc4sc5ccc(-c6cccc7c6sc6ccccc67)cc5c4c3)n2)cc1. The summed E-state index contributed by atoms with van der Waals surface area (Å²) in [6, 6.07) is 54.3. The van der Waals surface area contributed by atoms with Gasteiger partial charge in [-0.25, -0.2) is 15.0 Å². The number of rotatable bonds is 4. The Morgan fingerprint density at radius 2 is 0.804 bits per heavy atom. The van der Waals surface area contributed by atoms with Gasteiger partial charge in [0.2, 0.25) is 0 Å². The zero-order valence-electron chi connectivity index (χ0n) is 27.0. The van der Waals surface area contributed by atoms with Crippen molar-refractivity contribution in [3.05, 3.63) is 152 Å². The van der Waals surface area contributed by atoms with Gasteiger partial charge < -0.3 is 0 Å². The van der Waals surface area contributed by atoms with Crippen molar-refractivity contribution in [1.82, 2.24) is 15.0 Å². The molecule has 6 heteroatoms. The average molecular weight is 704 g/mol.